The standard InChI is InChI=1S/C34H49N5O6Si/c1-22-28(32(40)37-24-13-14-38(18-24)33(41)45-34(2,3)4)30-31(39(22)21-43-15-16-46(6,7)8)29(35-20-36-30)26-17-25(42-5)11-12-27(26)44-19-23-9-10-23/h11-12,17,20,23-24H,9-10,13-16,18-19,21H2,1-8H3,(H,37,40)/t24-/m1/s1. The fraction of sp³-hybridized carbons (Fsp3) is 0.588. The molecule has 250 valence electrons. The molecule has 1 saturated carbocycles. The van der Waals surface area contributed by atoms with E-state index < -0.39 is 13.7 Å². The van der Waals surface area contributed by atoms with Gasteiger partial charge in [0.2, 0.25) is 0 Å². The number of carbonyl (C=O) groups excluding carboxylic acids is 2. The Hall–Kier alpha value is -3.64. The van der Waals surface area contributed by atoms with E-state index in [1.165, 1.54) is 19.2 Å². The first-order valence-electron chi connectivity index (χ1n) is 16.3. The van der Waals surface area contributed by atoms with Crippen molar-refractivity contribution in [3.8, 4) is 22.8 Å². The van der Waals surface area contributed by atoms with E-state index in [9.17, 15) is 9.59 Å². The number of nitrogens with one attached hydrogen (secondary N) is 1. The van der Waals surface area contributed by atoms with Crippen molar-refractivity contribution in [3.05, 3.63) is 35.8 Å². The molecule has 0 unspecified atom stereocenters. The highest BCUT2D eigenvalue weighted by molar-refractivity contribution is 6.76. The average Bonchev–Trinajstić information content (AvgIpc) is 3.61. The minimum absolute atomic E-state index is 0.215. The van der Waals surface area contributed by atoms with Crippen molar-refractivity contribution in [3.63, 3.8) is 0 Å². The molecule has 2 fully saturated rings. The SMILES string of the molecule is COc1ccc(OCC2CC2)c(-c2ncnc3c(C(=O)N[C@@H]4CCN(C(=O)OC(C)(C)C)C4)c(C)n(COCC[Si](C)(C)C)c23)c1. The van der Waals surface area contributed by atoms with Gasteiger partial charge in [-0.1, -0.05) is 19.6 Å². The van der Waals surface area contributed by atoms with E-state index in [0.717, 1.165) is 17.3 Å². The van der Waals surface area contributed by atoms with Crippen LogP contribution < -0.4 is 14.8 Å². The number of nitrogens with zero attached hydrogens (tertiary/aromatic N) is 4. The molecule has 1 aromatic carbocycles. The Labute approximate surface area is 273 Å². The second-order valence-corrected chi connectivity index (χ2v) is 20.3. The van der Waals surface area contributed by atoms with Gasteiger partial charge < -0.3 is 33.7 Å². The van der Waals surface area contributed by atoms with Gasteiger partial charge >= 0.3 is 6.09 Å². The molecule has 2 amide bonds. The minimum atomic E-state index is -1.31. The van der Waals surface area contributed by atoms with Crippen molar-refractivity contribution in [1.29, 1.82) is 0 Å². The Morgan fingerprint density at radius 1 is 1.11 bits per heavy atom. The fourth-order valence-corrected chi connectivity index (χ4v) is 6.28. The van der Waals surface area contributed by atoms with Gasteiger partial charge in [0, 0.05) is 45.1 Å². The summed E-state index contributed by atoms with van der Waals surface area (Å²) in [6.45, 7) is 16.8. The molecule has 3 heterocycles. The maximum atomic E-state index is 14.0. The molecule has 46 heavy (non-hydrogen) atoms. The van der Waals surface area contributed by atoms with E-state index in [-0.39, 0.29) is 24.8 Å². The predicted molar refractivity (Wildman–Crippen MR) is 180 cm³/mol. The van der Waals surface area contributed by atoms with Crippen LogP contribution in [0.1, 0.15) is 56.1 Å². The van der Waals surface area contributed by atoms with Crippen LogP contribution in [-0.2, 0) is 16.2 Å². The summed E-state index contributed by atoms with van der Waals surface area (Å²) in [6, 6.07) is 6.53. The van der Waals surface area contributed by atoms with E-state index in [4.69, 9.17) is 23.9 Å². The molecule has 12 heteroatoms. The van der Waals surface area contributed by atoms with Crippen LogP contribution in [0.15, 0.2) is 24.5 Å². The summed E-state index contributed by atoms with van der Waals surface area (Å²) in [4.78, 5) is 37.7. The minimum Gasteiger partial charge on any atom is -0.497 e. The Morgan fingerprint density at radius 2 is 1.87 bits per heavy atom. The van der Waals surface area contributed by atoms with Gasteiger partial charge in [0.15, 0.2) is 0 Å². The van der Waals surface area contributed by atoms with Gasteiger partial charge in [-0.25, -0.2) is 14.8 Å². The van der Waals surface area contributed by atoms with Crippen molar-refractivity contribution >= 4 is 31.1 Å². The molecule has 2 aliphatic rings. The smallest absolute Gasteiger partial charge is 0.410 e. The van der Waals surface area contributed by atoms with E-state index in [0.29, 0.717) is 72.4 Å². The monoisotopic (exact) mass is 651 g/mol. The lowest BCUT2D eigenvalue weighted by Gasteiger charge is -2.24. The third kappa shape index (κ3) is 8.19. The van der Waals surface area contributed by atoms with Gasteiger partial charge in [0.05, 0.1) is 24.8 Å². The highest BCUT2D eigenvalue weighted by atomic mass is 28.3. The van der Waals surface area contributed by atoms with Crippen LogP contribution in [0.3, 0.4) is 0 Å². The predicted octanol–water partition coefficient (Wildman–Crippen LogP) is 6.26. The molecule has 1 N–H and O–H groups in total. The lowest BCUT2D eigenvalue weighted by atomic mass is 10.1. The molecule has 5 rings (SSSR count). The van der Waals surface area contributed by atoms with E-state index in [1.807, 2.05) is 50.5 Å². The number of methoxy groups -OCH3 is 1. The first-order valence-corrected chi connectivity index (χ1v) is 20.0. The number of amides is 2. The normalized spacial score (nSPS) is 17.0. The number of carbonyl (C=O) groups is 2. The molecule has 0 bridgehead atoms. The van der Waals surface area contributed by atoms with E-state index in [1.54, 1.807) is 12.0 Å². The molecular formula is C34H49N5O6Si. The number of aromatic nitrogens is 3. The second-order valence-electron chi connectivity index (χ2n) is 14.7. The van der Waals surface area contributed by atoms with Crippen LogP contribution in [0.5, 0.6) is 11.5 Å². The van der Waals surface area contributed by atoms with Gasteiger partial charge in [0.1, 0.15) is 41.4 Å². The Morgan fingerprint density at radius 3 is 2.54 bits per heavy atom. The zero-order valence-electron chi connectivity index (χ0n) is 28.6. The topological polar surface area (TPSA) is 117 Å². The van der Waals surface area contributed by atoms with Crippen LogP contribution in [0.4, 0.5) is 4.79 Å². The van der Waals surface area contributed by atoms with Gasteiger partial charge in [-0.15, -0.1) is 0 Å². The fourth-order valence-electron chi connectivity index (χ4n) is 5.52. The number of likely N-dealkylation sites (tertiary alicyclic amines) is 1. The van der Waals surface area contributed by atoms with Gasteiger partial charge in [0.25, 0.3) is 5.91 Å². The number of hydrogen-bond acceptors (Lipinski definition) is 8. The van der Waals surface area contributed by atoms with E-state index in [2.05, 4.69) is 29.9 Å². The molecule has 1 aliphatic carbocycles. The Kier molecular flexibility index (Phi) is 9.97. The summed E-state index contributed by atoms with van der Waals surface area (Å²) in [5.41, 5.74) is 3.25. The first kappa shape index (κ1) is 33.7. The maximum Gasteiger partial charge on any atom is 0.410 e. The lowest BCUT2D eigenvalue weighted by Crippen LogP contribution is -2.40. The van der Waals surface area contributed by atoms with Gasteiger partial charge in [-0.3, -0.25) is 4.79 Å². The molecule has 11 nitrogen and oxygen atoms in total. The van der Waals surface area contributed by atoms with Crippen molar-refractivity contribution in [2.75, 3.05) is 33.4 Å². The maximum absolute atomic E-state index is 14.0. The zero-order chi connectivity index (χ0) is 33.2. The summed E-state index contributed by atoms with van der Waals surface area (Å²) in [6.07, 6.45) is 4.11. The molecule has 1 saturated heterocycles. The summed E-state index contributed by atoms with van der Waals surface area (Å²) < 4.78 is 25.7. The second kappa shape index (κ2) is 13.6. The molecule has 0 spiro atoms. The van der Waals surface area contributed by atoms with Gasteiger partial charge in [-0.2, -0.15) is 0 Å². The van der Waals surface area contributed by atoms with Crippen molar-refractivity contribution in [2.24, 2.45) is 5.92 Å². The summed E-state index contributed by atoms with van der Waals surface area (Å²) in [7, 11) is 0.324. The third-order valence-electron chi connectivity index (χ3n) is 8.33. The lowest BCUT2D eigenvalue weighted by molar-refractivity contribution is 0.0290. The highest BCUT2D eigenvalue weighted by Crippen LogP contribution is 2.39. The summed E-state index contributed by atoms with van der Waals surface area (Å²) in [5.74, 6) is 1.70. The number of fused-ring (bicyclic) bond motifs is 1. The van der Waals surface area contributed by atoms with Crippen LogP contribution in [-0.4, -0.2) is 84.6 Å². The van der Waals surface area contributed by atoms with Crippen LogP contribution in [0, 0.1) is 12.8 Å². The average molecular weight is 652 g/mol. The molecular weight excluding hydrogens is 602 g/mol. The van der Waals surface area contributed by atoms with Crippen molar-refractivity contribution < 1.29 is 28.5 Å². The number of benzene rings is 1. The van der Waals surface area contributed by atoms with Crippen LogP contribution in [0.2, 0.25) is 25.7 Å². The molecule has 0 radical (unpaired) electrons. The number of ether oxygens (including phenoxy) is 4. The van der Waals surface area contributed by atoms with E-state index >= 15 is 0 Å². The number of hydrogen-bond donors (Lipinski definition) is 1. The largest absolute Gasteiger partial charge is 0.497 e. The van der Waals surface area contributed by atoms with Gasteiger partial charge in [-0.05, 0) is 77.1 Å². The molecule has 1 aliphatic heterocycles. The first-order chi connectivity index (χ1) is 21.7. The zero-order valence-corrected chi connectivity index (χ0v) is 29.6. The van der Waals surface area contributed by atoms with Crippen molar-refractivity contribution in [1.82, 2.24) is 24.8 Å². The van der Waals surface area contributed by atoms with Crippen molar-refractivity contribution in [2.45, 2.75) is 91.0 Å². The molecule has 1 atom stereocenters. The Bertz CT molecular complexity index is 1570. The Balaban J connectivity index is 1.50. The number of rotatable bonds is 12. The summed E-state index contributed by atoms with van der Waals surface area (Å²) in [5, 5.41) is 3.16. The van der Waals surface area contributed by atoms with Crippen LogP contribution in [0.25, 0.3) is 22.3 Å². The molecule has 3 aromatic rings. The molecule has 2 aromatic heterocycles. The third-order valence-corrected chi connectivity index (χ3v) is 10.0. The summed E-state index contributed by atoms with van der Waals surface area (Å²) >= 11 is 0. The van der Waals surface area contributed by atoms with Crippen LogP contribution >= 0.6 is 0 Å². The quantitative estimate of drug-likeness (QED) is 0.180. The highest BCUT2D eigenvalue weighted by Gasteiger charge is 2.33.